The third-order valence-electron chi connectivity index (χ3n) is 4.28. The number of hydrogen-bond acceptors (Lipinski definition) is 2. The van der Waals surface area contributed by atoms with E-state index in [-0.39, 0.29) is 7.89 Å². The molecule has 1 N–H and O–H groups in total. The van der Waals surface area contributed by atoms with Crippen molar-refractivity contribution in [2.45, 2.75) is 37.6 Å². The van der Waals surface area contributed by atoms with Gasteiger partial charge in [-0.2, -0.15) is 0 Å². The molecule has 1 rings (SSSR count). The van der Waals surface area contributed by atoms with Crippen LogP contribution in [-0.4, -0.2) is 35.6 Å². The summed E-state index contributed by atoms with van der Waals surface area (Å²) in [4.78, 5) is 12.9. The van der Waals surface area contributed by atoms with Gasteiger partial charge in [-0.1, -0.05) is 19.3 Å². The average molecular weight is 4870 g/mol. The van der Waals surface area contributed by atoms with Gasteiger partial charge in [0.2, 0.25) is 0 Å². The van der Waals surface area contributed by atoms with Crippen LogP contribution in [0.25, 0.3) is 0 Å². The molecule has 3 nitrogen and oxygen atoms in total. The number of nitrogens with zero attached hydrogens (tertiary/aromatic N) is 1. The molecule has 0 aromatic heterocycles. The molecule has 0 aromatic carbocycles. The van der Waals surface area contributed by atoms with E-state index in [1.54, 1.807) is 0 Å². The molecule has 1 aliphatic rings. The second kappa shape index (κ2) is 44.1. The summed E-state index contributed by atoms with van der Waals surface area (Å²) in [5.74, 6) is -0.660. The van der Waals surface area contributed by atoms with E-state index >= 15 is 0 Å². The summed E-state index contributed by atoms with van der Waals surface area (Å²) in [5, 5.41) is 9.12. The summed E-state index contributed by atoms with van der Waals surface area (Å²) in [6.07, 6.45) is 4.88. The quantitative estimate of drug-likeness (QED) is 0.131. The number of aliphatic carboxylic acids is 1. The van der Waals surface area contributed by atoms with Crippen LogP contribution in [0.3, 0.4) is 0 Å². The Kier molecular flexibility index (Phi) is 67.9. The molecule has 0 saturated heterocycles. The van der Waals surface area contributed by atoms with Crippen molar-refractivity contribution in [1.82, 2.24) is 4.90 Å². The first-order valence-corrected chi connectivity index (χ1v) is 236. The number of carboxylic acids is 1. The Labute approximate surface area is 544 Å². The van der Waals surface area contributed by atoms with E-state index in [0.717, 1.165) is 25.7 Å². The molecular formula is C9H17I37NO2-. The summed E-state index contributed by atoms with van der Waals surface area (Å²) in [6, 6.07) is 0. The van der Waals surface area contributed by atoms with E-state index in [4.69, 9.17) is 5.11 Å². The fourth-order valence-electron chi connectivity index (χ4n) is 2.47. The number of rotatable bonds is 19. The third-order valence-corrected chi connectivity index (χ3v) is 2730. The van der Waals surface area contributed by atoms with E-state index in [2.05, 4.69) is 354 Å². The van der Waals surface area contributed by atoms with E-state index < -0.39 is 138 Å². The van der Waals surface area contributed by atoms with Gasteiger partial charge in [-0.25, -0.2) is 0 Å². The minimum atomic E-state index is -0.660. The Morgan fingerprint density at radius 3 is 0.918 bits per heavy atom. The normalized spacial score (nSPS) is 19.5. The number of carboxylic acid groups (broad SMARTS) is 1. The van der Waals surface area contributed by atoms with Crippen LogP contribution in [0.5, 0.6) is 0 Å². The van der Waals surface area contributed by atoms with E-state index in [1.807, 2.05) is 19.0 Å². The van der Waals surface area contributed by atoms with Crippen molar-refractivity contribution in [2.24, 2.45) is 0 Å². The number of carbonyl (C=O) groups is 1. The van der Waals surface area contributed by atoms with Crippen LogP contribution >= 0.6 is 488 Å². The predicted octanol–water partition coefficient (Wildman–Crippen LogP) is 30.2. The van der Waals surface area contributed by atoms with Crippen molar-refractivity contribution in [1.29, 1.82) is 0 Å². The maximum absolute atomic E-state index is 11.1. The Bertz CT molecular complexity index is 924. The maximum atomic E-state index is 11.1. The van der Waals surface area contributed by atoms with Crippen molar-refractivity contribution in [3.8, 4) is 0 Å². The SMILES string of the molecule is CN(C)C1(C(=O)O)CCCCC1.I[I-]I(I)I(I)I(I)I(I)I(I)I(I)I(I)I(I)I(I)I(I)I(I)I(I)I(I)I(I)I(I)I(I)I(I)I. The van der Waals surface area contributed by atoms with E-state index in [0.29, 0.717) is 13.3 Å². The standard InChI is InChI=1S/C9H17NO2.I37/c1-10(2)9(8(11)12)6-4-3-5-7-9;1-20-22(4)24(6)26(8)28(10)30(12)32(14)34(16)36(18)37(19)35(17)33(15)31(13)29(11)27(9)25(7)23(5)21(2)3/h3-7H2,1-2H3,(H,11,12);/q;-1. The first-order valence-electron chi connectivity index (χ1n) is 9.65. The van der Waals surface area contributed by atoms with E-state index in [9.17, 15) is 4.79 Å². The van der Waals surface area contributed by atoms with Gasteiger partial charge in [-0.15, -0.1) is 0 Å². The average Bonchev–Trinajstić information content (AvgIpc) is 3.09. The molecule has 1 saturated carbocycles. The fourth-order valence-corrected chi connectivity index (χ4v) is 6500. The van der Waals surface area contributed by atoms with Crippen LogP contribution < -0.4 is 13.3 Å². The van der Waals surface area contributed by atoms with Crippen LogP contribution in [0.2, 0.25) is 0 Å². The summed E-state index contributed by atoms with van der Waals surface area (Å²) in [5.41, 5.74) is -0.571. The summed E-state index contributed by atoms with van der Waals surface area (Å²) in [6.45, 7) is 0. The van der Waals surface area contributed by atoms with Gasteiger partial charge < -0.3 is 5.11 Å². The molecule has 0 atom stereocenters. The van der Waals surface area contributed by atoms with Crippen LogP contribution in [0.4, 0.5) is 0 Å². The molecule has 1 aliphatic carbocycles. The molecule has 0 radical (unpaired) electrons. The first kappa shape index (κ1) is 75.4. The predicted molar refractivity (Wildman–Crippen MR) is 552 cm³/mol. The molecule has 0 unspecified atom stereocenters. The Morgan fingerprint density at radius 2 is 0.735 bits per heavy atom. The third kappa shape index (κ3) is 29.8. The number of likely N-dealkylation sites (N-methyl/N-ethyl adjacent to an activating group) is 1. The molecule has 0 aromatic rings. The van der Waals surface area contributed by atoms with Crippen molar-refractivity contribution in [2.75, 3.05) is 14.1 Å². The van der Waals surface area contributed by atoms with Gasteiger partial charge >= 0.3 is 507 Å². The van der Waals surface area contributed by atoms with Crippen molar-refractivity contribution in [3.63, 3.8) is 0 Å². The van der Waals surface area contributed by atoms with Crippen molar-refractivity contribution >= 4 is 494 Å². The van der Waals surface area contributed by atoms with Gasteiger partial charge in [-0.05, 0) is 26.9 Å². The summed E-state index contributed by atoms with van der Waals surface area (Å²) < 4.78 is 0. The molecule has 330 valence electrons. The molecule has 0 spiro atoms. The summed E-state index contributed by atoms with van der Waals surface area (Å²) in [7, 11) is -4.47. The van der Waals surface area contributed by atoms with Crippen LogP contribution in [0.15, 0.2) is 0 Å². The molecule has 0 amide bonds. The molecule has 1 fully saturated rings. The monoisotopic (exact) mass is 4870 g/mol. The van der Waals surface area contributed by atoms with Crippen LogP contribution in [-0.2, 0) is 4.79 Å². The zero-order valence-electron chi connectivity index (χ0n) is 21.8. The first-order chi connectivity index (χ1) is 22.4. The van der Waals surface area contributed by atoms with Crippen molar-refractivity contribution in [3.05, 3.63) is 0 Å². The molecular weight excluding hydrogens is 4850 g/mol. The Morgan fingerprint density at radius 1 is 0.490 bits per heavy atom. The van der Waals surface area contributed by atoms with Gasteiger partial charge in [0.05, 0.1) is 0 Å². The van der Waals surface area contributed by atoms with Crippen LogP contribution in [0.1, 0.15) is 32.1 Å². The molecule has 0 bridgehead atoms. The summed E-state index contributed by atoms with van der Waals surface area (Å²) >= 11 is 61.5. The molecule has 49 heavy (non-hydrogen) atoms. The molecule has 40 heteroatoms. The Hall–Kier alpha value is 26.4. The van der Waals surface area contributed by atoms with Crippen LogP contribution in [0, 0.1) is 0 Å². The van der Waals surface area contributed by atoms with Gasteiger partial charge in [0.1, 0.15) is 5.54 Å². The number of halogens is 37. The van der Waals surface area contributed by atoms with E-state index in [1.165, 1.54) is 6.42 Å². The number of hydrogen-bond donors (Lipinski definition) is 1. The van der Waals surface area contributed by atoms with Crippen molar-refractivity contribution < 1.29 is 23.2 Å². The molecule has 0 heterocycles. The Balaban J connectivity index is 0.00000160. The van der Waals surface area contributed by atoms with Gasteiger partial charge in [0, 0.05) is 0 Å². The minimum absolute atomic E-state index is 0.378. The second-order valence-electron chi connectivity index (χ2n) is 6.60. The second-order valence-corrected chi connectivity index (χ2v) is 851. The van der Waals surface area contributed by atoms with Gasteiger partial charge in [0.15, 0.2) is 0 Å². The molecule has 0 aliphatic heterocycles. The zero-order chi connectivity index (χ0) is 38.7. The topological polar surface area (TPSA) is 40.5 Å². The van der Waals surface area contributed by atoms with Gasteiger partial charge in [0.25, 0.3) is 0 Å². The fraction of sp³-hybridized carbons (Fsp3) is 0.889. The van der Waals surface area contributed by atoms with Gasteiger partial charge in [-0.3, -0.25) is 9.69 Å². The zero-order valence-corrected chi connectivity index (χ0v) is 102.